The van der Waals surface area contributed by atoms with Crippen LogP contribution in [-0.2, 0) is 17.8 Å². The molecule has 1 atom stereocenters. The summed E-state index contributed by atoms with van der Waals surface area (Å²) in [6.07, 6.45) is 0.795. The maximum atomic E-state index is 12.2. The van der Waals surface area contributed by atoms with Gasteiger partial charge in [-0.2, -0.15) is 0 Å². The van der Waals surface area contributed by atoms with Gasteiger partial charge in [-0.1, -0.05) is 32.0 Å². The molecule has 2 heterocycles. The second-order valence-electron chi connectivity index (χ2n) is 5.78. The molecule has 1 aliphatic heterocycles. The Morgan fingerprint density at radius 2 is 2.19 bits per heavy atom. The molecule has 0 unspecified atom stereocenters. The number of fused-ring (bicyclic) bond motifs is 3. The first kappa shape index (κ1) is 16.3. The van der Waals surface area contributed by atoms with Crippen molar-refractivity contribution in [1.29, 1.82) is 0 Å². The zero-order chi connectivity index (χ0) is 14.1. The Morgan fingerprint density at radius 1 is 1.43 bits per heavy atom. The number of hydrogen-bond acceptors (Lipinski definition) is 3. The van der Waals surface area contributed by atoms with E-state index in [2.05, 4.69) is 48.7 Å². The molecule has 3 rings (SSSR count). The molecule has 0 bridgehead atoms. The van der Waals surface area contributed by atoms with E-state index < -0.39 is 0 Å². The van der Waals surface area contributed by atoms with Gasteiger partial charge in [0.2, 0.25) is 5.91 Å². The van der Waals surface area contributed by atoms with E-state index >= 15 is 0 Å². The van der Waals surface area contributed by atoms with Crippen LogP contribution < -0.4 is 10.6 Å². The maximum Gasteiger partial charge on any atom is 0.237 e. The molecule has 5 heteroatoms. The van der Waals surface area contributed by atoms with Crippen LogP contribution >= 0.6 is 23.7 Å². The van der Waals surface area contributed by atoms with Crippen LogP contribution in [0.15, 0.2) is 24.3 Å². The topological polar surface area (TPSA) is 41.1 Å². The quantitative estimate of drug-likeness (QED) is 0.911. The number of benzene rings is 1. The number of halogens is 1. The summed E-state index contributed by atoms with van der Waals surface area (Å²) >= 11 is 1.84. The van der Waals surface area contributed by atoms with Gasteiger partial charge in [0.1, 0.15) is 0 Å². The van der Waals surface area contributed by atoms with Crippen LogP contribution in [-0.4, -0.2) is 18.5 Å². The van der Waals surface area contributed by atoms with Crippen molar-refractivity contribution < 1.29 is 4.79 Å². The third-order valence-corrected chi connectivity index (χ3v) is 4.91. The van der Waals surface area contributed by atoms with Crippen LogP contribution in [0.1, 0.15) is 24.3 Å². The Morgan fingerprint density at radius 3 is 2.95 bits per heavy atom. The highest BCUT2D eigenvalue weighted by molar-refractivity contribution is 7.19. The molecule has 0 saturated carbocycles. The van der Waals surface area contributed by atoms with Gasteiger partial charge in [-0.3, -0.25) is 4.79 Å². The normalized spacial score (nSPS) is 17.4. The van der Waals surface area contributed by atoms with Gasteiger partial charge in [-0.05, 0) is 29.4 Å². The van der Waals surface area contributed by atoms with Gasteiger partial charge in [-0.15, -0.1) is 23.7 Å². The van der Waals surface area contributed by atoms with Crippen molar-refractivity contribution in [2.24, 2.45) is 5.92 Å². The Balaban J connectivity index is 0.00000161. The van der Waals surface area contributed by atoms with E-state index in [-0.39, 0.29) is 24.4 Å². The van der Waals surface area contributed by atoms with E-state index in [9.17, 15) is 4.79 Å². The van der Waals surface area contributed by atoms with Crippen LogP contribution in [0.2, 0.25) is 0 Å². The van der Waals surface area contributed by atoms with Crippen molar-refractivity contribution in [1.82, 2.24) is 10.6 Å². The van der Waals surface area contributed by atoms with Gasteiger partial charge in [0, 0.05) is 22.7 Å². The SMILES string of the molecule is CC(C)CNC(=O)[C@H]1Cc2c(sc3ccccc23)CN1.Cl. The lowest BCUT2D eigenvalue weighted by Gasteiger charge is -2.23. The van der Waals surface area contributed by atoms with E-state index in [4.69, 9.17) is 0 Å². The maximum absolute atomic E-state index is 12.2. The van der Waals surface area contributed by atoms with Crippen LogP contribution in [0.4, 0.5) is 0 Å². The fourth-order valence-electron chi connectivity index (χ4n) is 2.62. The van der Waals surface area contributed by atoms with Crippen LogP contribution in [0.5, 0.6) is 0 Å². The van der Waals surface area contributed by atoms with Crippen LogP contribution in [0.3, 0.4) is 0 Å². The molecule has 21 heavy (non-hydrogen) atoms. The fraction of sp³-hybridized carbons (Fsp3) is 0.438. The summed E-state index contributed by atoms with van der Waals surface area (Å²) in [5, 5.41) is 7.70. The molecule has 2 aromatic rings. The second-order valence-corrected chi connectivity index (χ2v) is 6.91. The van der Waals surface area contributed by atoms with Gasteiger partial charge in [0.25, 0.3) is 0 Å². The molecule has 114 valence electrons. The molecule has 2 N–H and O–H groups in total. The van der Waals surface area contributed by atoms with E-state index in [0.29, 0.717) is 5.92 Å². The molecule has 0 aliphatic carbocycles. The molecule has 0 saturated heterocycles. The molecule has 1 aliphatic rings. The Kier molecular flexibility index (Phi) is 5.25. The Hall–Kier alpha value is -1.10. The molecular weight excluding hydrogens is 304 g/mol. The van der Waals surface area contributed by atoms with E-state index in [1.807, 2.05) is 11.3 Å². The predicted octanol–water partition coefficient (Wildman–Crippen LogP) is 3.11. The van der Waals surface area contributed by atoms with Crippen LogP contribution in [0, 0.1) is 5.92 Å². The molecule has 1 aromatic carbocycles. The Labute approximate surface area is 135 Å². The van der Waals surface area contributed by atoms with Gasteiger partial charge in [0.05, 0.1) is 6.04 Å². The third-order valence-electron chi connectivity index (χ3n) is 3.70. The van der Waals surface area contributed by atoms with E-state index in [1.54, 1.807) is 0 Å². The van der Waals surface area contributed by atoms with Crippen molar-refractivity contribution in [3.8, 4) is 0 Å². The highest BCUT2D eigenvalue weighted by Crippen LogP contribution is 2.34. The highest BCUT2D eigenvalue weighted by Gasteiger charge is 2.26. The molecular formula is C16H21ClN2OS. The summed E-state index contributed by atoms with van der Waals surface area (Å²) in [4.78, 5) is 13.6. The summed E-state index contributed by atoms with van der Waals surface area (Å²) in [5.41, 5.74) is 1.36. The third kappa shape index (κ3) is 3.39. The number of hydrogen-bond donors (Lipinski definition) is 2. The molecule has 0 fully saturated rings. The average Bonchev–Trinajstić information content (AvgIpc) is 2.82. The van der Waals surface area contributed by atoms with Crippen molar-refractivity contribution in [2.75, 3.05) is 6.54 Å². The van der Waals surface area contributed by atoms with Crippen molar-refractivity contribution >= 4 is 39.7 Å². The predicted molar refractivity (Wildman–Crippen MR) is 91.3 cm³/mol. The summed E-state index contributed by atoms with van der Waals surface area (Å²) in [6, 6.07) is 8.38. The van der Waals surface area contributed by atoms with Gasteiger partial charge < -0.3 is 10.6 Å². The fourth-order valence-corrected chi connectivity index (χ4v) is 3.81. The largest absolute Gasteiger partial charge is 0.354 e. The molecule has 1 amide bonds. The number of rotatable bonds is 3. The minimum Gasteiger partial charge on any atom is -0.354 e. The van der Waals surface area contributed by atoms with E-state index in [0.717, 1.165) is 19.5 Å². The minimum atomic E-state index is -0.0979. The number of carbonyl (C=O) groups is 1. The first-order valence-electron chi connectivity index (χ1n) is 7.15. The van der Waals surface area contributed by atoms with Gasteiger partial charge >= 0.3 is 0 Å². The van der Waals surface area contributed by atoms with Crippen molar-refractivity contribution in [3.63, 3.8) is 0 Å². The van der Waals surface area contributed by atoms with E-state index in [1.165, 1.54) is 20.5 Å². The highest BCUT2D eigenvalue weighted by atomic mass is 35.5. The Bertz CT molecular complexity index is 638. The van der Waals surface area contributed by atoms with Gasteiger partial charge in [0.15, 0.2) is 0 Å². The second kappa shape index (κ2) is 6.77. The van der Waals surface area contributed by atoms with Crippen molar-refractivity contribution in [2.45, 2.75) is 32.9 Å². The molecule has 3 nitrogen and oxygen atoms in total. The van der Waals surface area contributed by atoms with Gasteiger partial charge in [-0.25, -0.2) is 0 Å². The molecule has 1 aromatic heterocycles. The standard InChI is InChI=1S/C16H20N2OS.ClH/c1-10(2)8-18-16(19)13-7-12-11-5-3-4-6-14(11)20-15(12)9-17-13;/h3-6,10,13,17H,7-9H2,1-2H3,(H,18,19);1H/t13-;/m1./s1. The first-order valence-corrected chi connectivity index (χ1v) is 7.97. The summed E-state index contributed by atoms with van der Waals surface area (Å²) in [5.74, 6) is 0.611. The average molecular weight is 325 g/mol. The summed E-state index contributed by atoms with van der Waals surface area (Å²) < 4.78 is 1.32. The lowest BCUT2D eigenvalue weighted by molar-refractivity contribution is -0.123. The zero-order valence-corrected chi connectivity index (χ0v) is 13.9. The number of nitrogens with one attached hydrogen (secondary N) is 2. The van der Waals surface area contributed by atoms with Crippen molar-refractivity contribution in [3.05, 3.63) is 34.7 Å². The zero-order valence-electron chi connectivity index (χ0n) is 12.3. The number of thiophene rings is 1. The minimum absolute atomic E-state index is 0. The van der Waals surface area contributed by atoms with Crippen LogP contribution in [0.25, 0.3) is 10.1 Å². The lowest BCUT2D eigenvalue weighted by Crippen LogP contribution is -2.48. The lowest BCUT2D eigenvalue weighted by atomic mass is 9.98. The first-order chi connectivity index (χ1) is 9.65. The smallest absolute Gasteiger partial charge is 0.237 e. The molecule has 0 radical (unpaired) electrons. The number of carbonyl (C=O) groups excluding carboxylic acids is 1. The monoisotopic (exact) mass is 324 g/mol. The number of amides is 1. The molecule has 0 spiro atoms. The summed E-state index contributed by atoms with van der Waals surface area (Å²) in [6.45, 7) is 5.76. The summed E-state index contributed by atoms with van der Waals surface area (Å²) in [7, 11) is 0.